The maximum absolute atomic E-state index is 13.9. The fraction of sp³-hybridized carbons (Fsp3) is 0.300. The van der Waals surface area contributed by atoms with Crippen molar-refractivity contribution in [1.82, 2.24) is 15.4 Å². The topological polar surface area (TPSA) is 146 Å². The van der Waals surface area contributed by atoms with Crippen LogP contribution >= 0.6 is 23.2 Å². The van der Waals surface area contributed by atoms with Crippen LogP contribution in [0.5, 0.6) is 5.75 Å². The molecule has 3 aromatic rings. The molecule has 3 N–H and O–H groups in total. The highest BCUT2D eigenvalue weighted by Gasteiger charge is 2.30. The highest BCUT2D eigenvalue weighted by molar-refractivity contribution is 6.31. The van der Waals surface area contributed by atoms with Crippen LogP contribution in [0, 0.1) is 11.3 Å². The van der Waals surface area contributed by atoms with Gasteiger partial charge in [-0.2, -0.15) is 10.3 Å². The fourth-order valence-electron chi connectivity index (χ4n) is 3.69. The molecule has 0 bridgehead atoms. The first-order valence-electron chi connectivity index (χ1n) is 13.3. The van der Waals surface area contributed by atoms with Crippen LogP contribution in [0.25, 0.3) is 0 Å². The molecule has 1 heterocycles. The summed E-state index contributed by atoms with van der Waals surface area (Å²) in [5.74, 6) is -0.214. The monoisotopic (exact) mass is 626 g/mol. The predicted molar refractivity (Wildman–Crippen MR) is 164 cm³/mol. The van der Waals surface area contributed by atoms with Crippen molar-refractivity contribution in [2.75, 3.05) is 17.2 Å². The van der Waals surface area contributed by atoms with Crippen molar-refractivity contribution in [3.8, 4) is 11.8 Å². The lowest BCUT2D eigenvalue weighted by Crippen LogP contribution is -2.52. The second-order valence-corrected chi connectivity index (χ2v) is 11.2. The minimum absolute atomic E-state index is 0.122. The molecule has 0 fully saturated rings. The number of pyridine rings is 1. The summed E-state index contributed by atoms with van der Waals surface area (Å²) >= 11 is 12.2. The van der Waals surface area contributed by atoms with Gasteiger partial charge in [-0.3, -0.25) is 10.1 Å². The third kappa shape index (κ3) is 10.7. The lowest BCUT2D eigenvalue weighted by Gasteiger charge is -2.29. The number of nitrogens with zero attached hydrogens (tertiary/aromatic N) is 3. The van der Waals surface area contributed by atoms with Gasteiger partial charge in [0, 0.05) is 22.7 Å². The van der Waals surface area contributed by atoms with Crippen LogP contribution in [0.1, 0.15) is 45.2 Å². The van der Waals surface area contributed by atoms with Crippen LogP contribution in [0.3, 0.4) is 0 Å². The second-order valence-electron chi connectivity index (χ2n) is 10.3. The van der Waals surface area contributed by atoms with Gasteiger partial charge in [0.2, 0.25) is 0 Å². The van der Waals surface area contributed by atoms with Crippen LogP contribution < -0.4 is 20.8 Å². The largest absolute Gasteiger partial charge is 0.444 e. The summed E-state index contributed by atoms with van der Waals surface area (Å²) < 4.78 is 5.40. The van der Waals surface area contributed by atoms with Crippen molar-refractivity contribution < 1.29 is 24.0 Å². The highest BCUT2D eigenvalue weighted by Crippen LogP contribution is 2.29. The number of hydrogen-bond acceptors (Lipinski definition) is 7. The molecule has 13 heteroatoms. The van der Waals surface area contributed by atoms with E-state index in [1.807, 2.05) is 13.0 Å². The van der Waals surface area contributed by atoms with Crippen LogP contribution in [0.15, 0.2) is 60.8 Å². The van der Waals surface area contributed by atoms with Crippen LogP contribution in [-0.2, 0) is 16.0 Å². The molecule has 43 heavy (non-hydrogen) atoms. The molecule has 1 aromatic heterocycles. The minimum Gasteiger partial charge on any atom is -0.444 e. The molecule has 1 unspecified atom stereocenters. The maximum atomic E-state index is 13.9. The summed E-state index contributed by atoms with van der Waals surface area (Å²) in [4.78, 5) is 49.3. The lowest BCUT2D eigenvalue weighted by atomic mass is 10.1. The summed E-state index contributed by atoms with van der Waals surface area (Å²) in [6.07, 6.45) is 1.21. The highest BCUT2D eigenvalue weighted by atomic mass is 35.5. The number of alkyl carbamates (subject to hydrolysis) is 1. The molecule has 1 atom stereocenters. The molecule has 0 saturated heterocycles. The molecule has 0 aliphatic carbocycles. The van der Waals surface area contributed by atoms with Crippen LogP contribution in [0.2, 0.25) is 10.0 Å². The number of nitriles is 1. The Morgan fingerprint density at radius 2 is 1.72 bits per heavy atom. The number of urea groups is 1. The Hall–Kier alpha value is -4.53. The van der Waals surface area contributed by atoms with Gasteiger partial charge in [-0.05, 0) is 75.2 Å². The van der Waals surface area contributed by atoms with Gasteiger partial charge in [-0.1, -0.05) is 42.3 Å². The normalized spacial score (nSPS) is 11.5. The Kier molecular flexibility index (Phi) is 11.6. The molecule has 0 aliphatic heterocycles. The van der Waals surface area contributed by atoms with E-state index in [4.69, 9.17) is 38.0 Å². The Morgan fingerprint density at radius 3 is 2.33 bits per heavy atom. The van der Waals surface area contributed by atoms with E-state index >= 15 is 0 Å². The van der Waals surface area contributed by atoms with Crippen molar-refractivity contribution >= 4 is 52.7 Å². The van der Waals surface area contributed by atoms with E-state index in [9.17, 15) is 14.4 Å². The summed E-state index contributed by atoms with van der Waals surface area (Å²) in [6, 6.07) is 14.6. The number of amides is 4. The smallest absolute Gasteiger partial charge is 0.408 e. The molecule has 2 aromatic carbocycles. The Bertz CT molecular complexity index is 1470. The minimum atomic E-state index is -1.06. The van der Waals surface area contributed by atoms with Crippen LogP contribution in [-0.4, -0.2) is 46.3 Å². The van der Waals surface area contributed by atoms with Crippen molar-refractivity contribution in [2.45, 2.75) is 52.2 Å². The lowest BCUT2D eigenvalue weighted by molar-refractivity contribution is -0.159. The molecular weight excluding hydrogens is 595 g/mol. The first-order chi connectivity index (χ1) is 20.4. The number of carbonyl (C=O) groups is 3. The zero-order valence-electron chi connectivity index (χ0n) is 24.1. The van der Waals surface area contributed by atoms with Crippen molar-refractivity contribution in [2.24, 2.45) is 0 Å². The average Bonchev–Trinajstić information content (AvgIpc) is 2.94. The van der Waals surface area contributed by atoms with Gasteiger partial charge in [-0.15, -0.1) is 0 Å². The van der Waals surface area contributed by atoms with E-state index in [0.29, 0.717) is 22.0 Å². The van der Waals surface area contributed by atoms with Crippen molar-refractivity contribution in [3.05, 3.63) is 82.0 Å². The molecule has 226 valence electrons. The van der Waals surface area contributed by atoms with Crippen molar-refractivity contribution in [3.63, 3.8) is 0 Å². The molecular formula is C30H32Cl2N6O5. The van der Waals surface area contributed by atoms with Crippen LogP contribution in [0.4, 0.5) is 21.1 Å². The van der Waals surface area contributed by atoms with Gasteiger partial charge in [0.15, 0.2) is 5.75 Å². The molecule has 0 aliphatic rings. The number of nitrogens with one attached hydrogen (secondary N) is 3. The zero-order valence-corrected chi connectivity index (χ0v) is 25.6. The SMILES string of the molecule is CCCN(Oc1ccc(Cl)cc1NC(=O)Nc1ccc(C#N)cn1)C(=O)C(Cc1ccc(Cl)cc1)NC(=O)OC(C)(C)C. The molecule has 4 amide bonds. The van der Waals surface area contributed by atoms with Gasteiger partial charge >= 0.3 is 12.1 Å². The molecule has 0 saturated carbocycles. The fourth-order valence-corrected chi connectivity index (χ4v) is 3.98. The van der Waals surface area contributed by atoms with Gasteiger partial charge < -0.3 is 20.2 Å². The number of rotatable bonds is 10. The number of carbonyl (C=O) groups excluding carboxylic acids is 3. The standard InChI is InChI=1S/C30H32Cl2N6O5/c1-5-14-38(27(39)24(36-29(41)42-30(2,3)4)15-19-6-9-21(31)10-7-19)43-25-12-11-22(32)16-23(25)35-28(40)37-26-13-8-20(17-33)18-34-26/h6-13,16,18,24H,5,14-15H2,1-4H3,(H,36,41)(H2,34,35,37,40). The van der Waals surface area contributed by atoms with E-state index in [2.05, 4.69) is 20.9 Å². The number of hydroxylamine groups is 2. The first kappa shape index (κ1) is 33.0. The summed E-state index contributed by atoms with van der Waals surface area (Å²) in [5, 5.41) is 18.8. The summed E-state index contributed by atoms with van der Waals surface area (Å²) in [7, 11) is 0. The second kappa shape index (κ2) is 15.1. The van der Waals surface area contributed by atoms with E-state index < -0.39 is 29.7 Å². The van der Waals surface area contributed by atoms with Gasteiger partial charge in [0.05, 0.1) is 17.8 Å². The van der Waals surface area contributed by atoms with E-state index in [1.165, 1.54) is 30.5 Å². The van der Waals surface area contributed by atoms with Gasteiger partial charge in [0.25, 0.3) is 5.91 Å². The number of aromatic nitrogens is 1. The molecule has 0 spiro atoms. The van der Waals surface area contributed by atoms with Gasteiger partial charge in [0.1, 0.15) is 23.5 Å². The predicted octanol–water partition coefficient (Wildman–Crippen LogP) is 6.57. The molecule has 0 radical (unpaired) electrons. The Labute approximate surface area is 260 Å². The number of ether oxygens (including phenoxy) is 1. The Morgan fingerprint density at radius 1 is 1.02 bits per heavy atom. The maximum Gasteiger partial charge on any atom is 0.408 e. The number of anilines is 2. The number of hydrogen-bond donors (Lipinski definition) is 3. The van der Waals surface area contributed by atoms with Crippen molar-refractivity contribution in [1.29, 1.82) is 5.26 Å². The Balaban J connectivity index is 1.84. The van der Waals surface area contributed by atoms with Gasteiger partial charge in [-0.25, -0.2) is 14.6 Å². The summed E-state index contributed by atoms with van der Waals surface area (Å²) in [5.41, 5.74) is 0.474. The number of halogens is 2. The molecule has 3 rings (SSSR count). The quantitative estimate of drug-likeness (QED) is 0.216. The first-order valence-corrected chi connectivity index (χ1v) is 14.1. The third-order valence-corrected chi connectivity index (χ3v) is 6.03. The summed E-state index contributed by atoms with van der Waals surface area (Å²) in [6.45, 7) is 7.18. The third-order valence-electron chi connectivity index (χ3n) is 5.55. The molecule has 11 nitrogen and oxygen atoms in total. The van der Waals surface area contributed by atoms with E-state index in [1.54, 1.807) is 51.1 Å². The number of benzene rings is 2. The zero-order chi connectivity index (χ0) is 31.6. The average molecular weight is 628 g/mol. The van der Waals surface area contributed by atoms with E-state index in [0.717, 1.165) is 10.6 Å². The van der Waals surface area contributed by atoms with E-state index in [-0.39, 0.29) is 30.2 Å².